The molecule has 11 heteroatoms. The van der Waals surface area contributed by atoms with Gasteiger partial charge in [0.15, 0.2) is 0 Å². The fourth-order valence-electron chi connectivity index (χ4n) is 5.81. The lowest BCUT2D eigenvalue weighted by Crippen LogP contribution is -2.33. The van der Waals surface area contributed by atoms with Crippen molar-refractivity contribution >= 4 is 23.5 Å². The van der Waals surface area contributed by atoms with Crippen molar-refractivity contribution in [1.82, 2.24) is 9.88 Å². The zero-order valence-corrected chi connectivity index (χ0v) is 29.5. The summed E-state index contributed by atoms with van der Waals surface area (Å²) in [5.74, 6) is 3.73. The first-order valence-electron chi connectivity index (χ1n) is 17.0. The van der Waals surface area contributed by atoms with Crippen molar-refractivity contribution in [3.05, 3.63) is 94.4 Å². The molecule has 1 saturated heterocycles. The van der Waals surface area contributed by atoms with E-state index in [0.717, 1.165) is 0 Å². The number of anilines is 1. The van der Waals surface area contributed by atoms with Crippen LogP contribution in [0.4, 0.5) is 5.69 Å². The Kier molecular flexibility index (Phi) is 14.9. The van der Waals surface area contributed by atoms with Crippen molar-refractivity contribution in [2.45, 2.75) is 72.6 Å². The topological polar surface area (TPSA) is 157 Å². The zero-order valence-electron chi connectivity index (χ0n) is 29.5. The van der Waals surface area contributed by atoms with E-state index in [-0.39, 0.29) is 36.1 Å². The molecule has 2 aliphatic heterocycles. The van der Waals surface area contributed by atoms with Crippen molar-refractivity contribution in [3.8, 4) is 11.5 Å². The fraction of sp³-hybridized carbons (Fsp3) is 0.421. The summed E-state index contributed by atoms with van der Waals surface area (Å²) in [6.07, 6.45) is 9.87. The largest absolute Gasteiger partial charge is 0.478 e. The van der Waals surface area contributed by atoms with E-state index in [2.05, 4.69) is 22.0 Å². The van der Waals surface area contributed by atoms with Gasteiger partial charge in [0.2, 0.25) is 5.89 Å². The van der Waals surface area contributed by atoms with Crippen molar-refractivity contribution in [3.63, 3.8) is 0 Å². The Balaban J connectivity index is 0.000000563. The first-order chi connectivity index (χ1) is 23.6. The van der Waals surface area contributed by atoms with Crippen LogP contribution in [0.25, 0.3) is 11.5 Å². The predicted molar refractivity (Wildman–Crippen MR) is 190 cm³/mol. The highest BCUT2D eigenvalue weighted by Crippen LogP contribution is 2.41. The van der Waals surface area contributed by atoms with Gasteiger partial charge in [0.25, 0.3) is 5.91 Å². The van der Waals surface area contributed by atoms with E-state index in [0.29, 0.717) is 40.3 Å². The van der Waals surface area contributed by atoms with Crippen molar-refractivity contribution in [2.75, 3.05) is 38.2 Å². The second-order valence-electron chi connectivity index (χ2n) is 11.6. The third-order valence-corrected chi connectivity index (χ3v) is 8.47. The summed E-state index contributed by atoms with van der Waals surface area (Å²) in [6, 6.07) is 11.1. The SMILES string of the molecule is C/C=C1\C=C/COCC(C)(c2nc(-c3cccc(C(=O)O)c3)oc2CC)c2ccc(C(=O)ON)cc2NC1=O.CC.CCN1CCCCC1. The number of aryl methyl sites for hydroxylation is 1. The van der Waals surface area contributed by atoms with Gasteiger partial charge in [-0.15, -0.1) is 0 Å². The molecule has 1 aromatic heterocycles. The molecular formula is C38H50N4O7. The lowest BCUT2D eigenvalue weighted by atomic mass is 9.77. The highest BCUT2D eigenvalue weighted by molar-refractivity contribution is 6.06. The highest BCUT2D eigenvalue weighted by atomic mass is 16.7. The number of rotatable bonds is 6. The number of carbonyl (C=O) groups is 3. The number of hydrogen-bond donors (Lipinski definition) is 3. The molecule has 0 bridgehead atoms. The van der Waals surface area contributed by atoms with E-state index in [4.69, 9.17) is 20.0 Å². The molecule has 4 N–H and O–H groups in total. The lowest BCUT2D eigenvalue weighted by molar-refractivity contribution is -0.112. The fourth-order valence-corrected chi connectivity index (χ4v) is 5.81. The molecule has 1 atom stereocenters. The van der Waals surface area contributed by atoms with Gasteiger partial charge >= 0.3 is 11.9 Å². The monoisotopic (exact) mass is 674 g/mol. The summed E-state index contributed by atoms with van der Waals surface area (Å²) in [6.45, 7) is 16.1. The van der Waals surface area contributed by atoms with Crippen LogP contribution >= 0.6 is 0 Å². The number of nitrogens with one attached hydrogen (secondary N) is 1. The van der Waals surface area contributed by atoms with Crippen LogP contribution in [0.1, 0.15) is 98.5 Å². The quantitative estimate of drug-likeness (QED) is 0.185. The number of ether oxygens (including phenoxy) is 1. The highest BCUT2D eigenvalue weighted by Gasteiger charge is 2.38. The number of fused-ring (bicyclic) bond motifs is 1. The van der Waals surface area contributed by atoms with Crippen LogP contribution < -0.4 is 11.2 Å². The Hall–Kier alpha value is -4.58. The number of hydrogen-bond acceptors (Lipinski definition) is 9. The summed E-state index contributed by atoms with van der Waals surface area (Å²) < 4.78 is 12.2. The smallest absolute Gasteiger partial charge is 0.356 e. The number of aromatic carboxylic acids is 1. The molecule has 2 aromatic carbocycles. The molecule has 3 aromatic rings. The average molecular weight is 675 g/mol. The standard InChI is InChI=1S/C29H29N3O7.C7H15N.C2H6/c1-4-17-10-7-13-37-16-29(3,21-12-11-20(28(36)39-30)15-22(21)31-25(17)33)24-23(5-2)38-26(32-24)18-8-6-9-19(14-18)27(34)35;1-2-8-6-4-3-5-7-8;1-2/h4,6-12,14-15H,5,13,16,30H2,1-3H3,(H,31,33)(H,34,35);2-7H2,1H3;1-2H3/b10-7-,17-4+;;. The maximum absolute atomic E-state index is 13.1. The van der Waals surface area contributed by atoms with Gasteiger partial charge in [0, 0.05) is 23.2 Å². The summed E-state index contributed by atoms with van der Waals surface area (Å²) in [5, 5.41) is 12.3. The number of carboxylic acid groups (broad SMARTS) is 1. The van der Waals surface area contributed by atoms with Crippen LogP contribution in [0.5, 0.6) is 0 Å². The number of piperidine rings is 1. The Morgan fingerprint density at radius 1 is 1.10 bits per heavy atom. The van der Waals surface area contributed by atoms with E-state index in [9.17, 15) is 19.5 Å². The van der Waals surface area contributed by atoms with E-state index in [1.807, 2.05) is 27.7 Å². The summed E-state index contributed by atoms with van der Waals surface area (Å²) in [4.78, 5) is 48.6. The minimum absolute atomic E-state index is 0.105. The van der Waals surface area contributed by atoms with Crippen molar-refractivity contribution in [2.24, 2.45) is 5.90 Å². The van der Waals surface area contributed by atoms with Gasteiger partial charge in [-0.25, -0.2) is 14.6 Å². The minimum atomic E-state index is -1.06. The van der Waals surface area contributed by atoms with Crippen molar-refractivity contribution < 1.29 is 33.5 Å². The van der Waals surface area contributed by atoms with Crippen LogP contribution in [0.15, 0.2) is 70.7 Å². The molecule has 264 valence electrons. The molecule has 1 unspecified atom stereocenters. The molecule has 3 heterocycles. The number of amides is 1. The molecule has 1 amide bonds. The maximum Gasteiger partial charge on any atom is 0.356 e. The Morgan fingerprint density at radius 3 is 2.45 bits per heavy atom. The molecule has 11 nitrogen and oxygen atoms in total. The third-order valence-electron chi connectivity index (χ3n) is 8.47. The number of nitrogens with zero attached hydrogens (tertiary/aromatic N) is 2. The first kappa shape index (κ1) is 38.9. The van der Waals surface area contributed by atoms with Crippen LogP contribution in [0.3, 0.4) is 0 Å². The van der Waals surface area contributed by atoms with Gasteiger partial charge in [-0.3, -0.25) is 4.79 Å². The average Bonchev–Trinajstić information content (AvgIpc) is 3.59. The van der Waals surface area contributed by atoms with E-state index in [1.54, 1.807) is 49.4 Å². The minimum Gasteiger partial charge on any atom is -0.478 e. The van der Waals surface area contributed by atoms with Gasteiger partial charge < -0.3 is 29.3 Å². The van der Waals surface area contributed by atoms with E-state index in [1.165, 1.54) is 57.1 Å². The second-order valence-corrected chi connectivity index (χ2v) is 11.6. The van der Waals surface area contributed by atoms with Crippen LogP contribution in [0, 0.1) is 0 Å². The second kappa shape index (κ2) is 18.8. The number of carboxylic acids is 1. The number of likely N-dealkylation sites (tertiary alicyclic amines) is 1. The number of nitrogens with two attached hydrogens (primary N) is 1. The Morgan fingerprint density at radius 2 is 1.84 bits per heavy atom. The number of oxazole rings is 1. The third kappa shape index (κ3) is 9.75. The number of allylic oxidation sites excluding steroid dienone is 1. The van der Waals surface area contributed by atoms with Gasteiger partial charge in [0.05, 0.1) is 35.4 Å². The molecule has 5 rings (SSSR count). The lowest BCUT2D eigenvalue weighted by Gasteiger charge is -2.31. The molecule has 0 aliphatic carbocycles. The van der Waals surface area contributed by atoms with Gasteiger partial charge in [0.1, 0.15) is 5.76 Å². The van der Waals surface area contributed by atoms with Gasteiger partial charge in [-0.1, -0.05) is 64.5 Å². The van der Waals surface area contributed by atoms with Gasteiger partial charge in [-0.2, -0.15) is 5.90 Å². The molecule has 0 saturated carbocycles. The normalized spacial score (nSPS) is 19.5. The van der Waals surface area contributed by atoms with Crippen LogP contribution in [-0.4, -0.2) is 65.7 Å². The van der Waals surface area contributed by atoms with E-state index < -0.39 is 17.4 Å². The number of carbonyl (C=O) groups excluding carboxylic acids is 2. The molecule has 49 heavy (non-hydrogen) atoms. The van der Waals surface area contributed by atoms with Crippen LogP contribution in [0.2, 0.25) is 0 Å². The van der Waals surface area contributed by atoms with Crippen molar-refractivity contribution in [1.29, 1.82) is 0 Å². The first-order valence-corrected chi connectivity index (χ1v) is 17.0. The van der Waals surface area contributed by atoms with Crippen LogP contribution in [-0.2, 0) is 26.2 Å². The molecule has 2 aliphatic rings. The molecule has 1 fully saturated rings. The molecule has 0 spiro atoms. The summed E-state index contributed by atoms with van der Waals surface area (Å²) in [7, 11) is 0. The number of benzene rings is 2. The Bertz CT molecular complexity index is 1640. The Labute approximate surface area is 289 Å². The predicted octanol–water partition coefficient (Wildman–Crippen LogP) is 6.93. The van der Waals surface area contributed by atoms with Gasteiger partial charge in [-0.05, 0) is 82.2 Å². The molecule has 0 radical (unpaired) electrons. The zero-order chi connectivity index (χ0) is 36.0. The van der Waals surface area contributed by atoms with E-state index >= 15 is 0 Å². The summed E-state index contributed by atoms with van der Waals surface area (Å²) in [5.41, 5.74) is 1.74. The summed E-state index contributed by atoms with van der Waals surface area (Å²) >= 11 is 0. The molecular weight excluding hydrogens is 624 g/mol. The maximum atomic E-state index is 13.1. The number of aromatic nitrogens is 1.